The molecule has 0 radical (unpaired) electrons. The molecule has 1 aliphatic carbocycles. The summed E-state index contributed by atoms with van der Waals surface area (Å²) >= 11 is 0. The number of Topliss-reactive ketones (excluding diaryl/α,β-unsaturated/α-hetero) is 1. The van der Waals surface area contributed by atoms with Gasteiger partial charge in [0.05, 0.1) is 19.6 Å². The quantitative estimate of drug-likeness (QED) is 0.669. The fourth-order valence-corrected chi connectivity index (χ4v) is 3.13. The number of nitrogens with one attached hydrogen (secondary N) is 2. The van der Waals surface area contributed by atoms with E-state index >= 15 is 0 Å². The number of carbonyl (C=O) groups is 3. The normalized spacial score (nSPS) is 14.0. The minimum Gasteiger partial charge on any atom is -0.496 e. The zero-order valence-electron chi connectivity index (χ0n) is 17.0. The lowest BCUT2D eigenvalue weighted by molar-refractivity contribution is -0.121. The predicted molar refractivity (Wildman–Crippen MR) is 111 cm³/mol. The van der Waals surface area contributed by atoms with Gasteiger partial charge in [-0.05, 0) is 62.6 Å². The molecule has 0 saturated heterocycles. The molecule has 29 heavy (non-hydrogen) atoms. The molecular weight excluding hydrogens is 368 g/mol. The highest BCUT2D eigenvalue weighted by molar-refractivity contribution is 5.95. The Kier molecular flexibility index (Phi) is 6.32. The Morgan fingerprint density at radius 1 is 1.10 bits per heavy atom. The lowest BCUT2D eigenvalue weighted by Gasteiger charge is -2.16. The molecule has 1 atom stereocenters. The first-order valence-electron chi connectivity index (χ1n) is 9.75. The molecule has 0 heterocycles. The Balaban J connectivity index is 1.60. The van der Waals surface area contributed by atoms with Crippen LogP contribution in [0.5, 0.6) is 5.75 Å². The number of rotatable bonds is 8. The van der Waals surface area contributed by atoms with Crippen LogP contribution in [-0.4, -0.2) is 24.7 Å². The smallest absolute Gasteiger partial charge is 0.227 e. The monoisotopic (exact) mass is 394 g/mol. The Bertz CT molecular complexity index is 917. The van der Waals surface area contributed by atoms with E-state index in [1.54, 1.807) is 18.2 Å². The minimum atomic E-state index is -0.197. The van der Waals surface area contributed by atoms with Gasteiger partial charge in [-0.15, -0.1) is 0 Å². The van der Waals surface area contributed by atoms with Crippen molar-refractivity contribution in [1.82, 2.24) is 5.32 Å². The molecule has 2 amide bonds. The second kappa shape index (κ2) is 8.90. The molecule has 0 aromatic heterocycles. The summed E-state index contributed by atoms with van der Waals surface area (Å²) in [6.07, 6.45) is 2.05. The average Bonchev–Trinajstić information content (AvgIpc) is 3.53. The van der Waals surface area contributed by atoms with Crippen molar-refractivity contribution < 1.29 is 19.1 Å². The molecule has 1 unspecified atom stereocenters. The summed E-state index contributed by atoms with van der Waals surface area (Å²) in [6.45, 7) is 3.39. The number of hydrogen-bond acceptors (Lipinski definition) is 4. The highest BCUT2D eigenvalue weighted by Gasteiger charge is 2.29. The number of carbonyl (C=O) groups excluding carboxylic acids is 3. The summed E-state index contributed by atoms with van der Waals surface area (Å²) in [4.78, 5) is 36.0. The van der Waals surface area contributed by atoms with E-state index in [-0.39, 0.29) is 36.0 Å². The number of benzene rings is 2. The summed E-state index contributed by atoms with van der Waals surface area (Å²) in [6, 6.07) is 12.4. The van der Waals surface area contributed by atoms with Gasteiger partial charge >= 0.3 is 0 Å². The fourth-order valence-electron chi connectivity index (χ4n) is 3.13. The lowest BCUT2D eigenvalue weighted by atomic mass is 10.0. The van der Waals surface area contributed by atoms with Gasteiger partial charge in [-0.25, -0.2) is 0 Å². The molecule has 6 heteroatoms. The van der Waals surface area contributed by atoms with Crippen LogP contribution < -0.4 is 15.4 Å². The van der Waals surface area contributed by atoms with Gasteiger partial charge in [0.1, 0.15) is 5.75 Å². The Labute approximate surface area is 170 Å². The maximum atomic E-state index is 12.5. The summed E-state index contributed by atoms with van der Waals surface area (Å²) < 4.78 is 5.31. The standard InChI is InChI=1S/C23H26N2O4/c1-14(16-6-9-20(10-7-16)25-23(28)17-4-5-17)24-22(27)13-19-12-18(15(2)26)8-11-21(19)29-3/h6-12,14,17H,4-5,13H2,1-3H3,(H,24,27)(H,25,28). The lowest BCUT2D eigenvalue weighted by Crippen LogP contribution is -2.28. The zero-order valence-corrected chi connectivity index (χ0v) is 17.0. The second-order valence-corrected chi connectivity index (χ2v) is 7.43. The number of hydrogen-bond donors (Lipinski definition) is 2. The van der Waals surface area contributed by atoms with Crippen molar-refractivity contribution in [2.75, 3.05) is 12.4 Å². The number of amides is 2. The van der Waals surface area contributed by atoms with E-state index in [0.717, 1.165) is 24.1 Å². The molecule has 2 aromatic carbocycles. The molecule has 2 aromatic rings. The summed E-state index contributed by atoms with van der Waals surface area (Å²) in [5.41, 5.74) is 2.91. The SMILES string of the molecule is COc1ccc(C(C)=O)cc1CC(=O)NC(C)c1ccc(NC(=O)C2CC2)cc1. The maximum Gasteiger partial charge on any atom is 0.227 e. The van der Waals surface area contributed by atoms with E-state index in [1.165, 1.54) is 14.0 Å². The van der Waals surface area contributed by atoms with Crippen LogP contribution in [0.4, 0.5) is 5.69 Å². The van der Waals surface area contributed by atoms with Crippen molar-refractivity contribution in [3.8, 4) is 5.75 Å². The van der Waals surface area contributed by atoms with Crippen molar-refractivity contribution in [2.45, 2.75) is 39.2 Å². The van der Waals surface area contributed by atoms with Crippen LogP contribution in [0.2, 0.25) is 0 Å². The van der Waals surface area contributed by atoms with E-state index in [9.17, 15) is 14.4 Å². The molecule has 0 aliphatic heterocycles. The van der Waals surface area contributed by atoms with Gasteiger partial charge in [0.2, 0.25) is 11.8 Å². The van der Waals surface area contributed by atoms with E-state index < -0.39 is 0 Å². The van der Waals surface area contributed by atoms with Crippen molar-refractivity contribution in [2.24, 2.45) is 5.92 Å². The zero-order chi connectivity index (χ0) is 21.0. The Morgan fingerprint density at radius 2 is 1.79 bits per heavy atom. The molecule has 1 aliphatic rings. The van der Waals surface area contributed by atoms with E-state index in [4.69, 9.17) is 4.74 Å². The van der Waals surface area contributed by atoms with Crippen molar-refractivity contribution in [3.63, 3.8) is 0 Å². The predicted octanol–water partition coefficient (Wildman–Crippen LogP) is 3.67. The molecule has 152 valence electrons. The van der Waals surface area contributed by atoms with Gasteiger partial charge < -0.3 is 15.4 Å². The van der Waals surface area contributed by atoms with Crippen LogP contribution in [0.3, 0.4) is 0 Å². The molecular formula is C23H26N2O4. The van der Waals surface area contributed by atoms with Crippen LogP contribution in [0.1, 0.15) is 54.2 Å². The Morgan fingerprint density at radius 3 is 2.38 bits per heavy atom. The van der Waals surface area contributed by atoms with Crippen molar-refractivity contribution in [1.29, 1.82) is 0 Å². The second-order valence-electron chi connectivity index (χ2n) is 7.43. The number of ketones is 1. The first-order chi connectivity index (χ1) is 13.9. The van der Waals surface area contributed by atoms with Gasteiger partial charge in [0, 0.05) is 22.7 Å². The third-order valence-corrected chi connectivity index (χ3v) is 5.04. The number of anilines is 1. The molecule has 3 rings (SSSR count). The number of ether oxygens (including phenoxy) is 1. The largest absolute Gasteiger partial charge is 0.496 e. The molecule has 1 saturated carbocycles. The number of methoxy groups -OCH3 is 1. The summed E-state index contributed by atoms with van der Waals surface area (Å²) in [5, 5.41) is 5.87. The van der Waals surface area contributed by atoms with E-state index in [0.29, 0.717) is 16.9 Å². The first-order valence-corrected chi connectivity index (χ1v) is 9.75. The van der Waals surface area contributed by atoms with E-state index in [1.807, 2.05) is 31.2 Å². The first kappa shape index (κ1) is 20.6. The topological polar surface area (TPSA) is 84.5 Å². The third-order valence-electron chi connectivity index (χ3n) is 5.04. The fraction of sp³-hybridized carbons (Fsp3) is 0.348. The van der Waals surface area contributed by atoms with Crippen molar-refractivity contribution in [3.05, 3.63) is 59.2 Å². The van der Waals surface area contributed by atoms with Crippen molar-refractivity contribution >= 4 is 23.3 Å². The molecule has 2 N–H and O–H groups in total. The third kappa shape index (κ3) is 5.44. The van der Waals surface area contributed by atoms with Gasteiger partial charge in [0.25, 0.3) is 0 Å². The summed E-state index contributed by atoms with van der Waals surface area (Å²) in [5.74, 6) is 0.583. The van der Waals surface area contributed by atoms with Crippen LogP contribution in [0, 0.1) is 5.92 Å². The van der Waals surface area contributed by atoms with E-state index in [2.05, 4.69) is 10.6 Å². The Hall–Kier alpha value is -3.15. The van der Waals surface area contributed by atoms with Crippen LogP contribution in [0.15, 0.2) is 42.5 Å². The van der Waals surface area contributed by atoms with Crippen LogP contribution in [-0.2, 0) is 16.0 Å². The highest BCUT2D eigenvalue weighted by Crippen LogP contribution is 2.30. The van der Waals surface area contributed by atoms with Gasteiger partial charge in [-0.2, -0.15) is 0 Å². The molecule has 6 nitrogen and oxygen atoms in total. The average molecular weight is 394 g/mol. The summed E-state index contributed by atoms with van der Waals surface area (Å²) in [7, 11) is 1.54. The van der Waals surface area contributed by atoms with Gasteiger partial charge in [0.15, 0.2) is 5.78 Å². The van der Waals surface area contributed by atoms with Crippen LogP contribution >= 0.6 is 0 Å². The maximum absolute atomic E-state index is 12.5. The van der Waals surface area contributed by atoms with Gasteiger partial charge in [-0.3, -0.25) is 14.4 Å². The molecule has 0 bridgehead atoms. The molecule has 0 spiro atoms. The van der Waals surface area contributed by atoms with Crippen LogP contribution in [0.25, 0.3) is 0 Å². The minimum absolute atomic E-state index is 0.0588. The highest BCUT2D eigenvalue weighted by atomic mass is 16.5. The molecule has 1 fully saturated rings. The van der Waals surface area contributed by atoms with Gasteiger partial charge in [-0.1, -0.05) is 12.1 Å².